The molecule has 114 valence electrons. The van der Waals surface area contributed by atoms with Gasteiger partial charge in [0.1, 0.15) is 0 Å². The topological polar surface area (TPSA) is 0 Å². The average Bonchev–Trinajstić information content (AvgIpc) is 2.09. The van der Waals surface area contributed by atoms with Crippen LogP contribution < -0.4 is 15.6 Å². The van der Waals surface area contributed by atoms with Crippen molar-refractivity contribution in [1.82, 2.24) is 0 Å². The third-order valence-electron chi connectivity index (χ3n) is 2.65. The summed E-state index contributed by atoms with van der Waals surface area (Å²) in [5.41, 5.74) is -2.10. The molecule has 0 nitrogen and oxygen atoms in total. The normalized spacial score (nSPS) is 13.8. The first-order valence-corrected chi connectivity index (χ1v) is 9.93. The summed E-state index contributed by atoms with van der Waals surface area (Å²) in [6, 6.07) is 0.00483. The smallest absolute Gasteiger partial charge is 0.234 e. The molecule has 0 aliphatic carbocycles. The lowest BCUT2D eigenvalue weighted by Gasteiger charge is -2.20. The lowest BCUT2D eigenvalue weighted by Crippen LogP contribution is -2.58. The van der Waals surface area contributed by atoms with Crippen LogP contribution in [0.25, 0.3) is 0 Å². The van der Waals surface area contributed by atoms with Gasteiger partial charge in [-0.1, -0.05) is 6.07 Å². The van der Waals surface area contributed by atoms with Gasteiger partial charge in [-0.3, -0.25) is 0 Å². The van der Waals surface area contributed by atoms with Crippen molar-refractivity contribution in [1.29, 1.82) is 0 Å². The molecule has 0 saturated carbocycles. The van der Waals surface area contributed by atoms with Crippen LogP contribution in [0.5, 0.6) is 0 Å². The molecule has 0 aromatic heterocycles. The first-order valence-electron chi connectivity index (χ1n) is 5.03. The maximum Gasteiger partial charge on any atom is 0.653 e. The molecule has 0 radical (unpaired) electrons. The van der Waals surface area contributed by atoms with Gasteiger partial charge in [-0.25, -0.2) is 37.0 Å². The highest BCUT2D eigenvalue weighted by atomic mass is 28.5. The molecule has 0 heterocycles. The molecule has 0 atom stereocenters. The van der Waals surface area contributed by atoms with Gasteiger partial charge in [0.25, 0.3) is 0 Å². The minimum absolute atomic E-state index is 0.00483. The van der Waals surface area contributed by atoms with Crippen LogP contribution in [-0.2, 0) is 0 Å². The van der Waals surface area contributed by atoms with Crippen LogP contribution in [0.4, 0.5) is 37.0 Å². The van der Waals surface area contributed by atoms with E-state index in [4.69, 9.17) is 0 Å². The molecule has 0 aliphatic rings. The molecule has 12 heteroatoms. The van der Waals surface area contributed by atoms with E-state index in [9.17, 15) is 37.0 Å². The Balaban J connectivity index is 3.86. The van der Waals surface area contributed by atoms with Gasteiger partial charge in [0.15, 0.2) is 0 Å². The van der Waals surface area contributed by atoms with Gasteiger partial charge < -0.3 is 0 Å². The van der Waals surface area contributed by atoms with Crippen LogP contribution in [0.1, 0.15) is 11.1 Å². The van der Waals surface area contributed by atoms with Crippen molar-refractivity contribution in [2.45, 2.75) is 13.8 Å². The largest absolute Gasteiger partial charge is 0.653 e. The van der Waals surface area contributed by atoms with Crippen LogP contribution in [0.15, 0.2) is 6.07 Å². The van der Waals surface area contributed by atoms with E-state index in [0.717, 1.165) is 6.92 Å². The predicted octanol–water partition coefficient (Wildman–Crippen LogP) is 2.47. The highest BCUT2D eigenvalue weighted by Gasteiger charge is 2.55. The number of hydrogen-bond donors (Lipinski definition) is 0. The Hall–Kier alpha value is -0.759. The Morgan fingerprint density at radius 1 is 0.650 bits per heavy atom. The van der Waals surface area contributed by atoms with E-state index in [1.807, 2.05) is 0 Å². The molecule has 20 heavy (non-hydrogen) atoms. The second-order valence-electron chi connectivity index (χ2n) is 4.11. The van der Waals surface area contributed by atoms with Gasteiger partial charge in [-0.05, 0) is 25.0 Å². The number of aryl methyl sites for hydroxylation is 1. The van der Waals surface area contributed by atoms with Crippen LogP contribution >= 0.6 is 0 Å². The van der Waals surface area contributed by atoms with Crippen molar-refractivity contribution in [3.63, 3.8) is 0 Å². The van der Waals surface area contributed by atoms with Crippen molar-refractivity contribution in [3.8, 4) is 0 Å². The third-order valence-corrected chi connectivity index (χ3v) is 6.45. The molecule has 1 aromatic rings. The molecule has 0 fully saturated rings. The van der Waals surface area contributed by atoms with Crippen molar-refractivity contribution >= 4 is 42.8 Å². The Morgan fingerprint density at radius 2 is 1.05 bits per heavy atom. The second-order valence-corrected chi connectivity index (χ2v) is 8.63. The fourth-order valence-corrected chi connectivity index (χ4v) is 5.83. The lowest BCUT2D eigenvalue weighted by molar-refractivity contribution is 0.489. The zero-order valence-corrected chi connectivity index (χ0v) is 13.0. The van der Waals surface area contributed by atoms with E-state index in [0.29, 0.717) is 6.92 Å². The summed E-state index contributed by atoms with van der Waals surface area (Å²) in [6.45, 7) is 1.23. The van der Waals surface area contributed by atoms with Gasteiger partial charge in [-0.15, -0.1) is 0 Å². The van der Waals surface area contributed by atoms with E-state index in [2.05, 4.69) is 0 Å². The Kier molecular flexibility index (Phi) is 4.24. The fourth-order valence-electron chi connectivity index (χ4n) is 2.01. The molecule has 0 spiro atoms. The zero-order chi connectivity index (χ0) is 16.1. The lowest BCUT2D eigenvalue weighted by atomic mass is 10.1. The number of halogens is 9. The zero-order valence-electron chi connectivity index (χ0n) is 9.98. The highest BCUT2D eigenvalue weighted by Crippen LogP contribution is 2.20. The summed E-state index contributed by atoms with van der Waals surface area (Å²) in [5.74, 6) is 0. The molecular weight excluding hydrogens is 351 g/mol. The van der Waals surface area contributed by atoms with Crippen molar-refractivity contribution < 1.29 is 37.0 Å². The summed E-state index contributed by atoms with van der Waals surface area (Å²) in [5, 5.41) is -5.46. The molecule has 1 aromatic carbocycles. The molecular formula is C8H7F9Si3. The van der Waals surface area contributed by atoms with E-state index < -0.39 is 53.9 Å². The highest BCUT2D eigenvalue weighted by molar-refractivity contribution is 6.86. The molecule has 0 bridgehead atoms. The van der Waals surface area contributed by atoms with E-state index in [1.165, 1.54) is 0 Å². The van der Waals surface area contributed by atoms with Gasteiger partial charge in [0.2, 0.25) is 0 Å². The molecule has 0 aliphatic heterocycles. The molecule has 0 amide bonds. The van der Waals surface area contributed by atoms with Gasteiger partial charge in [-0.2, -0.15) is 0 Å². The van der Waals surface area contributed by atoms with Crippen LogP contribution in [0.2, 0.25) is 0 Å². The number of benzene rings is 1. The average molecular weight is 358 g/mol. The Bertz CT molecular complexity index is 526. The van der Waals surface area contributed by atoms with Crippen molar-refractivity contribution in [2.24, 2.45) is 0 Å². The molecule has 0 saturated heterocycles. The summed E-state index contributed by atoms with van der Waals surface area (Å²) < 4.78 is 115. The summed E-state index contributed by atoms with van der Waals surface area (Å²) >= 11 is 0. The van der Waals surface area contributed by atoms with Gasteiger partial charge >= 0.3 is 27.2 Å². The van der Waals surface area contributed by atoms with Gasteiger partial charge in [0, 0.05) is 15.6 Å². The summed E-state index contributed by atoms with van der Waals surface area (Å²) in [6.07, 6.45) is 0. The minimum Gasteiger partial charge on any atom is -0.234 e. The third kappa shape index (κ3) is 3.28. The summed E-state index contributed by atoms with van der Waals surface area (Å²) in [7, 11) is -20.5. The van der Waals surface area contributed by atoms with E-state index >= 15 is 0 Å². The minimum atomic E-state index is -7.03. The quantitative estimate of drug-likeness (QED) is 0.442. The first-order chi connectivity index (χ1) is 8.67. The van der Waals surface area contributed by atoms with Crippen molar-refractivity contribution in [2.75, 3.05) is 0 Å². The standard InChI is InChI=1S/C8H7F9Si3/c1-4-3-6(18(9,10)11)8(20(15,16)17)5(2)7(4)19(12,13)14/h3H,1-2H3. The number of hydrogen-bond acceptors (Lipinski definition) is 0. The molecule has 0 unspecified atom stereocenters. The predicted molar refractivity (Wildman–Crippen MR) is 62.1 cm³/mol. The first kappa shape index (κ1) is 17.3. The van der Waals surface area contributed by atoms with E-state index in [-0.39, 0.29) is 6.07 Å². The SMILES string of the molecule is Cc1cc([Si](F)(F)F)c([Si](F)(F)F)c(C)c1[Si](F)(F)F. The summed E-state index contributed by atoms with van der Waals surface area (Å²) in [4.78, 5) is 0. The van der Waals surface area contributed by atoms with Crippen LogP contribution in [0.3, 0.4) is 0 Å². The van der Waals surface area contributed by atoms with Gasteiger partial charge in [0.05, 0.1) is 0 Å². The molecule has 0 N–H and O–H groups in total. The number of rotatable bonds is 3. The van der Waals surface area contributed by atoms with Crippen molar-refractivity contribution in [3.05, 3.63) is 17.2 Å². The molecule has 1 rings (SSSR count). The van der Waals surface area contributed by atoms with E-state index in [1.54, 1.807) is 0 Å². The Morgan fingerprint density at radius 3 is 1.35 bits per heavy atom. The maximum absolute atomic E-state index is 12.8. The fraction of sp³-hybridized carbons (Fsp3) is 0.250. The monoisotopic (exact) mass is 358 g/mol. The van der Waals surface area contributed by atoms with Crippen LogP contribution in [-0.4, -0.2) is 27.2 Å². The Labute approximate surface area is 111 Å². The van der Waals surface area contributed by atoms with Crippen LogP contribution in [0, 0.1) is 13.8 Å². The second kappa shape index (κ2) is 4.91. The maximum atomic E-state index is 12.8.